The predicted molar refractivity (Wildman–Crippen MR) is 86.7 cm³/mol. The summed E-state index contributed by atoms with van der Waals surface area (Å²) in [6.45, 7) is 0. The van der Waals surface area contributed by atoms with Crippen molar-refractivity contribution < 1.29 is 17.9 Å². The fraction of sp³-hybridized carbons (Fsp3) is 0.125. The van der Waals surface area contributed by atoms with Crippen molar-refractivity contribution in [2.45, 2.75) is 11.2 Å². The number of benzene rings is 2. The summed E-state index contributed by atoms with van der Waals surface area (Å²) in [5.41, 5.74) is 5.10. The van der Waals surface area contributed by atoms with Gasteiger partial charge in [0.25, 0.3) is 0 Å². The quantitative estimate of drug-likeness (QED) is 0.886. The Labute approximate surface area is 139 Å². The molecule has 2 heterocycles. The third-order valence-electron chi connectivity index (χ3n) is 3.59. The Balaban J connectivity index is 1.65. The molecule has 0 saturated carbocycles. The molecule has 0 fully saturated rings. The standard InChI is InChI=1S/C16H10F3N3OS/c17-16(18,19)23-11-6-7-13-12(8-11)15(9-20-13)22-21-14(24-15)10-4-2-1-3-5-10/h1-9,22H. The first-order chi connectivity index (χ1) is 11.5. The number of aliphatic imine (C=N–C) groups is 1. The molecule has 4 rings (SSSR count). The van der Waals surface area contributed by atoms with Gasteiger partial charge in [0.1, 0.15) is 10.8 Å². The lowest BCUT2D eigenvalue weighted by Crippen LogP contribution is -2.32. The summed E-state index contributed by atoms with van der Waals surface area (Å²) in [6, 6.07) is 13.6. The monoisotopic (exact) mass is 349 g/mol. The van der Waals surface area contributed by atoms with Crippen LogP contribution < -0.4 is 10.2 Å². The number of hydrazone groups is 1. The smallest absolute Gasteiger partial charge is 0.406 e. The van der Waals surface area contributed by atoms with E-state index in [1.165, 1.54) is 30.0 Å². The maximum atomic E-state index is 12.4. The number of alkyl halides is 3. The molecule has 0 radical (unpaired) electrons. The SMILES string of the molecule is FC(F)(F)Oc1ccc2c(c1)C1(C=N2)NN=C(c2ccccc2)S1. The molecule has 2 aromatic carbocycles. The molecule has 0 aromatic heterocycles. The lowest BCUT2D eigenvalue weighted by molar-refractivity contribution is -0.274. The predicted octanol–water partition coefficient (Wildman–Crippen LogP) is 4.15. The van der Waals surface area contributed by atoms with Gasteiger partial charge in [-0.3, -0.25) is 10.4 Å². The average Bonchev–Trinajstić information content (AvgIpc) is 3.13. The van der Waals surface area contributed by atoms with E-state index >= 15 is 0 Å². The minimum Gasteiger partial charge on any atom is -0.406 e. The Morgan fingerprint density at radius 2 is 1.88 bits per heavy atom. The summed E-state index contributed by atoms with van der Waals surface area (Å²) in [5, 5.41) is 5.07. The van der Waals surface area contributed by atoms with Crippen LogP contribution in [0, 0.1) is 0 Å². The van der Waals surface area contributed by atoms with Gasteiger partial charge in [-0.1, -0.05) is 42.1 Å². The van der Waals surface area contributed by atoms with Gasteiger partial charge in [0.05, 0.1) is 5.69 Å². The third-order valence-corrected chi connectivity index (χ3v) is 4.85. The largest absolute Gasteiger partial charge is 0.573 e. The summed E-state index contributed by atoms with van der Waals surface area (Å²) >= 11 is 1.40. The van der Waals surface area contributed by atoms with Crippen molar-refractivity contribution >= 4 is 28.7 Å². The van der Waals surface area contributed by atoms with E-state index < -0.39 is 11.2 Å². The number of hydrogen-bond acceptors (Lipinski definition) is 5. The van der Waals surface area contributed by atoms with Gasteiger partial charge in [-0.2, -0.15) is 5.10 Å². The second kappa shape index (κ2) is 5.27. The van der Waals surface area contributed by atoms with Gasteiger partial charge in [0, 0.05) is 17.3 Å². The molecule has 1 spiro atoms. The van der Waals surface area contributed by atoms with E-state index in [1.54, 1.807) is 6.21 Å². The highest BCUT2D eigenvalue weighted by atomic mass is 32.2. The van der Waals surface area contributed by atoms with Gasteiger partial charge in [-0.15, -0.1) is 13.2 Å². The zero-order valence-electron chi connectivity index (χ0n) is 12.0. The van der Waals surface area contributed by atoms with E-state index in [2.05, 4.69) is 20.3 Å². The van der Waals surface area contributed by atoms with Crippen molar-refractivity contribution in [2.75, 3.05) is 0 Å². The maximum Gasteiger partial charge on any atom is 0.573 e. The maximum absolute atomic E-state index is 12.4. The molecule has 2 aliphatic heterocycles. The third kappa shape index (κ3) is 2.62. The number of thioether (sulfide) groups is 1. The first kappa shape index (κ1) is 15.1. The molecule has 2 aromatic rings. The van der Waals surface area contributed by atoms with Gasteiger partial charge in [-0.25, -0.2) is 0 Å². The minimum absolute atomic E-state index is 0.276. The van der Waals surface area contributed by atoms with Gasteiger partial charge in [-0.05, 0) is 18.2 Å². The number of halogens is 3. The molecule has 0 saturated heterocycles. The highest BCUT2D eigenvalue weighted by Crippen LogP contribution is 2.48. The molecule has 0 aliphatic carbocycles. The van der Waals surface area contributed by atoms with E-state index in [0.717, 1.165) is 10.6 Å². The lowest BCUT2D eigenvalue weighted by atomic mass is 10.1. The highest BCUT2D eigenvalue weighted by molar-refractivity contribution is 8.16. The van der Waals surface area contributed by atoms with Crippen LogP contribution in [0.4, 0.5) is 18.9 Å². The normalized spacial score (nSPS) is 21.5. The summed E-state index contributed by atoms with van der Waals surface area (Å²) in [6.07, 6.45) is -3.08. The van der Waals surface area contributed by atoms with Crippen LogP contribution in [-0.4, -0.2) is 17.6 Å². The molecular formula is C16H10F3N3OS. The molecule has 1 N–H and O–H groups in total. The number of rotatable bonds is 2. The van der Waals surface area contributed by atoms with Crippen molar-refractivity contribution in [1.82, 2.24) is 5.43 Å². The van der Waals surface area contributed by atoms with Crippen LogP contribution >= 0.6 is 11.8 Å². The molecule has 24 heavy (non-hydrogen) atoms. The van der Waals surface area contributed by atoms with Crippen LogP contribution in [-0.2, 0) is 4.87 Å². The van der Waals surface area contributed by atoms with Crippen molar-refractivity contribution in [1.29, 1.82) is 0 Å². The number of nitrogens with one attached hydrogen (secondary N) is 1. The molecule has 2 aliphatic rings. The van der Waals surface area contributed by atoms with Crippen LogP contribution in [0.1, 0.15) is 11.1 Å². The van der Waals surface area contributed by atoms with Crippen molar-refractivity contribution in [2.24, 2.45) is 10.1 Å². The van der Waals surface area contributed by atoms with Gasteiger partial charge in [0.2, 0.25) is 0 Å². The van der Waals surface area contributed by atoms with E-state index in [1.807, 2.05) is 30.3 Å². The molecule has 122 valence electrons. The van der Waals surface area contributed by atoms with E-state index in [4.69, 9.17) is 0 Å². The molecule has 8 heteroatoms. The number of fused-ring (bicyclic) bond motifs is 2. The fourth-order valence-electron chi connectivity index (χ4n) is 2.56. The van der Waals surface area contributed by atoms with Crippen LogP contribution in [0.3, 0.4) is 0 Å². The topological polar surface area (TPSA) is 46.0 Å². The number of ether oxygens (including phenoxy) is 1. The Morgan fingerprint density at radius 1 is 1.08 bits per heavy atom. The zero-order chi connectivity index (χ0) is 16.8. The second-order valence-corrected chi connectivity index (χ2v) is 6.45. The van der Waals surface area contributed by atoms with Crippen LogP contribution in [0.2, 0.25) is 0 Å². The fourth-order valence-corrected chi connectivity index (χ4v) is 3.68. The number of nitrogens with zero attached hydrogens (tertiary/aromatic N) is 2. The molecule has 0 bridgehead atoms. The van der Waals surface area contributed by atoms with E-state index in [0.29, 0.717) is 11.3 Å². The van der Waals surface area contributed by atoms with E-state index in [9.17, 15) is 13.2 Å². The van der Waals surface area contributed by atoms with Crippen LogP contribution in [0.15, 0.2) is 58.6 Å². The van der Waals surface area contributed by atoms with Crippen molar-refractivity contribution in [3.63, 3.8) is 0 Å². The molecular weight excluding hydrogens is 339 g/mol. The molecule has 1 unspecified atom stereocenters. The summed E-state index contributed by atoms with van der Waals surface area (Å²) in [7, 11) is 0. The molecule has 0 amide bonds. The van der Waals surface area contributed by atoms with E-state index in [-0.39, 0.29) is 5.75 Å². The molecule has 4 nitrogen and oxygen atoms in total. The first-order valence-corrected chi connectivity index (χ1v) is 7.82. The van der Waals surface area contributed by atoms with Crippen molar-refractivity contribution in [3.8, 4) is 5.75 Å². The average molecular weight is 349 g/mol. The first-order valence-electron chi connectivity index (χ1n) is 7.00. The lowest BCUT2D eigenvalue weighted by Gasteiger charge is -2.21. The van der Waals surface area contributed by atoms with Gasteiger partial charge < -0.3 is 4.74 Å². The summed E-state index contributed by atoms with van der Waals surface area (Å²) in [5.74, 6) is -0.276. The number of hydrogen-bond donors (Lipinski definition) is 1. The molecule has 1 atom stereocenters. The Hall–Kier alpha value is -2.48. The summed E-state index contributed by atoms with van der Waals surface area (Å²) in [4.78, 5) is 3.47. The Morgan fingerprint density at radius 3 is 2.62 bits per heavy atom. The Kier molecular flexibility index (Phi) is 3.31. The van der Waals surface area contributed by atoms with Crippen LogP contribution in [0.5, 0.6) is 5.75 Å². The zero-order valence-corrected chi connectivity index (χ0v) is 12.9. The highest BCUT2D eigenvalue weighted by Gasteiger charge is 2.43. The minimum atomic E-state index is -4.73. The Bertz CT molecular complexity index is 851. The second-order valence-electron chi connectivity index (χ2n) is 5.22. The summed E-state index contributed by atoms with van der Waals surface area (Å²) < 4.78 is 41.4. The van der Waals surface area contributed by atoms with Crippen molar-refractivity contribution in [3.05, 3.63) is 59.7 Å². The van der Waals surface area contributed by atoms with Gasteiger partial charge >= 0.3 is 6.36 Å². The van der Waals surface area contributed by atoms with Crippen LogP contribution in [0.25, 0.3) is 0 Å². The van der Waals surface area contributed by atoms with Gasteiger partial charge in [0.15, 0.2) is 4.87 Å².